The summed E-state index contributed by atoms with van der Waals surface area (Å²) in [4.78, 5) is 0. The molecule has 0 aliphatic heterocycles. The SMILES string of the molecule is CCCCCCOc1cc[n+](CCCC)cc1. The second kappa shape index (κ2) is 9.03. The predicted molar refractivity (Wildman–Crippen MR) is 71.2 cm³/mol. The minimum absolute atomic E-state index is 0.846. The van der Waals surface area contributed by atoms with E-state index < -0.39 is 0 Å². The average Bonchev–Trinajstić information content (AvgIpc) is 2.37. The van der Waals surface area contributed by atoms with Crippen LogP contribution in [0.4, 0.5) is 0 Å². The van der Waals surface area contributed by atoms with Crippen molar-refractivity contribution < 1.29 is 9.30 Å². The van der Waals surface area contributed by atoms with Gasteiger partial charge >= 0.3 is 0 Å². The number of rotatable bonds is 9. The van der Waals surface area contributed by atoms with Gasteiger partial charge in [0, 0.05) is 18.6 Å². The van der Waals surface area contributed by atoms with Crippen LogP contribution in [-0.4, -0.2) is 6.61 Å². The Morgan fingerprint density at radius 3 is 2.29 bits per heavy atom. The van der Waals surface area contributed by atoms with Crippen molar-refractivity contribution in [1.29, 1.82) is 0 Å². The molecule has 0 fully saturated rings. The molecular formula is C15H26NO+. The van der Waals surface area contributed by atoms with Gasteiger partial charge < -0.3 is 4.74 Å². The monoisotopic (exact) mass is 236 g/mol. The third-order valence-corrected chi connectivity index (χ3v) is 2.90. The number of nitrogens with zero attached hydrogens (tertiary/aromatic N) is 1. The summed E-state index contributed by atoms with van der Waals surface area (Å²) in [6.07, 6.45) is 11.7. The van der Waals surface area contributed by atoms with Crippen molar-refractivity contribution in [2.75, 3.05) is 6.61 Å². The zero-order valence-corrected chi connectivity index (χ0v) is 11.3. The van der Waals surface area contributed by atoms with Crippen molar-refractivity contribution in [2.45, 2.75) is 58.9 Å². The summed E-state index contributed by atoms with van der Waals surface area (Å²) in [5.74, 6) is 0.995. The Morgan fingerprint density at radius 2 is 1.65 bits per heavy atom. The first-order valence-corrected chi connectivity index (χ1v) is 6.98. The number of ether oxygens (including phenoxy) is 1. The van der Waals surface area contributed by atoms with Crippen molar-refractivity contribution >= 4 is 0 Å². The number of unbranched alkanes of at least 4 members (excludes halogenated alkanes) is 4. The fraction of sp³-hybridized carbons (Fsp3) is 0.667. The van der Waals surface area contributed by atoms with Gasteiger partial charge in [0.05, 0.1) is 6.61 Å². The highest BCUT2D eigenvalue weighted by molar-refractivity contribution is 5.14. The van der Waals surface area contributed by atoms with Crippen LogP contribution in [0.2, 0.25) is 0 Å². The van der Waals surface area contributed by atoms with E-state index in [4.69, 9.17) is 4.74 Å². The normalized spacial score (nSPS) is 10.5. The third kappa shape index (κ3) is 6.30. The molecule has 0 unspecified atom stereocenters. The Bertz CT molecular complexity index is 281. The minimum Gasteiger partial charge on any atom is -0.493 e. The summed E-state index contributed by atoms with van der Waals surface area (Å²) in [7, 11) is 0. The van der Waals surface area contributed by atoms with E-state index in [1.54, 1.807) is 0 Å². The maximum absolute atomic E-state index is 5.70. The van der Waals surface area contributed by atoms with Gasteiger partial charge in [-0.2, -0.15) is 0 Å². The smallest absolute Gasteiger partial charge is 0.172 e. The maximum atomic E-state index is 5.70. The van der Waals surface area contributed by atoms with Crippen molar-refractivity contribution in [2.24, 2.45) is 0 Å². The first-order chi connectivity index (χ1) is 8.36. The predicted octanol–water partition coefficient (Wildman–Crippen LogP) is 3.73. The van der Waals surface area contributed by atoms with E-state index in [0.717, 1.165) is 18.9 Å². The molecule has 0 saturated heterocycles. The molecule has 2 nitrogen and oxygen atoms in total. The molecule has 1 heterocycles. The standard InChI is InChI=1S/C15H26NO/c1-3-5-7-8-14-17-15-9-12-16(13-10-15)11-6-4-2/h9-10,12-13H,3-8,11,14H2,1-2H3/q+1. The first kappa shape index (κ1) is 14.0. The van der Waals surface area contributed by atoms with Gasteiger partial charge in [0.2, 0.25) is 0 Å². The van der Waals surface area contributed by atoms with Crippen molar-refractivity contribution in [3.8, 4) is 5.75 Å². The lowest BCUT2D eigenvalue weighted by atomic mass is 10.2. The Labute approximate surface area is 106 Å². The van der Waals surface area contributed by atoms with Gasteiger partial charge in [-0.05, 0) is 6.42 Å². The molecule has 0 bridgehead atoms. The van der Waals surface area contributed by atoms with Gasteiger partial charge in [0.1, 0.15) is 12.3 Å². The molecule has 0 N–H and O–H groups in total. The van der Waals surface area contributed by atoms with E-state index in [9.17, 15) is 0 Å². The van der Waals surface area contributed by atoms with Crippen LogP contribution in [0.3, 0.4) is 0 Å². The van der Waals surface area contributed by atoms with E-state index in [2.05, 4.69) is 42.9 Å². The molecule has 1 aromatic heterocycles. The third-order valence-electron chi connectivity index (χ3n) is 2.90. The molecule has 17 heavy (non-hydrogen) atoms. The van der Waals surface area contributed by atoms with Crippen molar-refractivity contribution in [1.82, 2.24) is 0 Å². The summed E-state index contributed by atoms with van der Waals surface area (Å²) in [5.41, 5.74) is 0. The largest absolute Gasteiger partial charge is 0.493 e. The van der Waals surface area contributed by atoms with Crippen LogP contribution >= 0.6 is 0 Å². The topological polar surface area (TPSA) is 13.1 Å². The molecule has 0 aliphatic rings. The van der Waals surface area contributed by atoms with E-state index >= 15 is 0 Å². The van der Waals surface area contributed by atoms with Gasteiger partial charge in [0.25, 0.3) is 0 Å². The Kier molecular flexibility index (Phi) is 7.44. The Morgan fingerprint density at radius 1 is 0.941 bits per heavy atom. The number of pyridine rings is 1. The Hall–Kier alpha value is -1.05. The lowest BCUT2D eigenvalue weighted by molar-refractivity contribution is -0.697. The second-order valence-electron chi connectivity index (χ2n) is 4.53. The van der Waals surface area contributed by atoms with Crippen molar-refractivity contribution in [3.63, 3.8) is 0 Å². The van der Waals surface area contributed by atoms with Gasteiger partial charge in [-0.15, -0.1) is 0 Å². The fourth-order valence-electron chi connectivity index (χ4n) is 1.75. The van der Waals surface area contributed by atoms with Gasteiger partial charge in [-0.3, -0.25) is 0 Å². The summed E-state index contributed by atoms with van der Waals surface area (Å²) in [6.45, 7) is 6.40. The molecule has 0 amide bonds. The van der Waals surface area contributed by atoms with Crippen LogP contribution in [-0.2, 0) is 6.54 Å². The highest BCUT2D eigenvalue weighted by Crippen LogP contribution is 2.08. The summed E-state index contributed by atoms with van der Waals surface area (Å²) in [5, 5.41) is 0. The van der Waals surface area contributed by atoms with Crippen LogP contribution in [0.5, 0.6) is 5.75 Å². The van der Waals surface area contributed by atoms with E-state index in [0.29, 0.717) is 0 Å². The maximum Gasteiger partial charge on any atom is 0.172 e. The summed E-state index contributed by atoms with van der Waals surface area (Å²) in [6, 6.07) is 4.13. The number of hydrogen-bond acceptors (Lipinski definition) is 1. The molecule has 1 aromatic rings. The lowest BCUT2D eigenvalue weighted by Gasteiger charge is -2.04. The highest BCUT2D eigenvalue weighted by atomic mass is 16.5. The van der Waals surface area contributed by atoms with Gasteiger partial charge in [-0.1, -0.05) is 39.5 Å². The zero-order chi connectivity index (χ0) is 12.3. The van der Waals surface area contributed by atoms with E-state index in [1.807, 2.05) is 0 Å². The second-order valence-corrected chi connectivity index (χ2v) is 4.53. The average molecular weight is 236 g/mol. The number of hydrogen-bond donors (Lipinski definition) is 0. The van der Waals surface area contributed by atoms with Crippen LogP contribution in [0.1, 0.15) is 52.4 Å². The molecule has 0 saturated carbocycles. The number of aryl methyl sites for hydroxylation is 1. The molecule has 0 aliphatic carbocycles. The molecule has 0 aromatic carbocycles. The van der Waals surface area contributed by atoms with Gasteiger partial charge in [-0.25, -0.2) is 4.57 Å². The molecule has 0 atom stereocenters. The molecule has 0 spiro atoms. The van der Waals surface area contributed by atoms with E-state index in [1.165, 1.54) is 38.5 Å². The highest BCUT2D eigenvalue weighted by Gasteiger charge is 2.00. The van der Waals surface area contributed by atoms with Gasteiger partial charge in [0.15, 0.2) is 12.4 Å². The Balaban J connectivity index is 2.20. The molecule has 96 valence electrons. The molecular weight excluding hydrogens is 210 g/mol. The summed E-state index contributed by atoms with van der Waals surface area (Å²) >= 11 is 0. The first-order valence-electron chi connectivity index (χ1n) is 6.98. The lowest BCUT2D eigenvalue weighted by Crippen LogP contribution is -2.32. The van der Waals surface area contributed by atoms with Crippen molar-refractivity contribution in [3.05, 3.63) is 24.5 Å². The molecule has 2 heteroatoms. The minimum atomic E-state index is 0.846. The van der Waals surface area contributed by atoms with E-state index in [-0.39, 0.29) is 0 Å². The molecule has 1 rings (SSSR count). The van der Waals surface area contributed by atoms with Crippen LogP contribution < -0.4 is 9.30 Å². The fourth-order valence-corrected chi connectivity index (χ4v) is 1.75. The summed E-state index contributed by atoms with van der Waals surface area (Å²) < 4.78 is 7.91. The zero-order valence-electron chi connectivity index (χ0n) is 11.3. The molecule has 0 radical (unpaired) electrons. The number of aromatic nitrogens is 1. The quantitative estimate of drug-likeness (QED) is 0.470. The van der Waals surface area contributed by atoms with Crippen LogP contribution in [0.15, 0.2) is 24.5 Å². The van der Waals surface area contributed by atoms with Crippen LogP contribution in [0, 0.1) is 0 Å². The van der Waals surface area contributed by atoms with Crippen LogP contribution in [0.25, 0.3) is 0 Å².